The van der Waals surface area contributed by atoms with Crippen molar-refractivity contribution in [3.8, 4) is 11.6 Å². The van der Waals surface area contributed by atoms with E-state index in [1.807, 2.05) is 51.2 Å². The normalized spacial score (nSPS) is 9.46. The molecular weight excluding hydrogens is 349 g/mol. The van der Waals surface area contributed by atoms with Gasteiger partial charge in [-0.2, -0.15) is 0 Å². The number of amides is 1. The molecule has 2 N–H and O–H groups in total. The molecule has 0 bridgehead atoms. The van der Waals surface area contributed by atoms with Gasteiger partial charge < -0.3 is 15.4 Å². The second kappa shape index (κ2) is 10.9. The Morgan fingerprint density at radius 3 is 2.58 bits per heavy atom. The van der Waals surface area contributed by atoms with Crippen LogP contribution in [0.5, 0.6) is 11.6 Å². The van der Waals surface area contributed by atoms with Crippen LogP contribution < -0.4 is 15.4 Å². The van der Waals surface area contributed by atoms with Gasteiger partial charge in [0.05, 0.1) is 0 Å². The van der Waals surface area contributed by atoms with Crippen LogP contribution in [0, 0.1) is 13.8 Å². The second-order valence-corrected chi connectivity index (χ2v) is 5.16. The molecule has 0 radical (unpaired) electrons. The largest absolute Gasteiger partial charge is 0.439 e. The molecule has 1 aromatic carbocycles. The van der Waals surface area contributed by atoms with E-state index in [4.69, 9.17) is 4.74 Å². The lowest BCUT2D eigenvalue weighted by molar-refractivity contribution is -0.116. The molecule has 0 aliphatic rings. The molecule has 0 atom stereocenters. The van der Waals surface area contributed by atoms with Crippen LogP contribution in [0.2, 0.25) is 0 Å². The molecule has 132 valence electrons. The lowest BCUT2D eigenvalue weighted by atomic mass is 10.2. The Balaban J connectivity index is 0.00000264. The number of aryl methyl sites for hydroxylation is 2. The number of halogens is 2. The fourth-order valence-electron chi connectivity index (χ4n) is 1.93. The van der Waals surface area contributed by atoms with E-state index >= 15 is 0 Å². The van der Waals surface area contributed by atoms with E-state index < -0.39 is 0 Å². The maximum Gasteiger partial charge on any atom is 0.225 e. The minimum atomic E-state index is -0.0298. The van der Waals surface area contributed by atoms with Gasteiger partial charge >= 0.3 is 0 Å². The molecule has 0 fully saturated rings. The van der Waals surface area contributed by atoms with Crippen molar-refractivity contribution >= 4 is 36.4 Å². The Bertz CT molecular complexity index is 666. The molecule has 1 aromatic heterocycles. The van der Waals surface area contributed by atoms with Crippen LogP contribution >= 0.6 is 24.8 Å². The van der Waals surface area contributed by atoms with Gasteiger partial charge in [-0.15, -0.1) is 24.8 Å². The number of pyridine rings is 1. The second-order valence-electron chi connectivity index (χ2n) is 5.16. The smallest absolute Gasteiger partial charge is 0.225 e. The Labute approximate surface area is 155 Å². The number of nitrogens with one attached hydrogen (secondary N) is 2. The van der Waals surface area contributed by atoms with E-state index in [9.17, 15) is 4.79 Å². The molecule has 0 saturated carbocycles. The fraction of sp³-hybridized carbons (Fsp3) is 0.294. The van der Waals surface area contributed by atoms with Crippen molar-refractivity contribution in [2.24, 2.45) is 0 Å². The number of hydrogen-bond acceptors (Lipinski definition) is 4. The molecule has 0 aliphatic carbocycles. The van der Waals surface area contributed by atoms with Crippen molar-refractivity contribution in [1.82, 2.24) is 10.3 Å². The first kappa shape index (κ1) is 22.2. The lowest BCUT2D eigenvalue weighted by Crippen LogP contribution is -2.18. The van der Waals surface area contributed by atoms with E-state index in [0.717, 1.165) is 11.1 Å². The van der Waals surface area contributed by atoms with Crippen molar-refractivity contribution in [2.45, 2.75) is 20.3 Å². The molecule has 0 unspecified atom stereocenters. The monoisotopic (exact) mass is 371 g/mol. The zero-order valence-electron chi connectivity index (χ0n) is 14.0. The first-order chi connectivity index (χ1) is 10.6. The summed E-state index contributed by atoms with van der Waals surface area (Å²) in [6, 6.07) is 9.38. The zero-order valence-corrected chi connectivity index (χ0v) is 15.6. The third-order valence-electron chi connectivity index (χ3n) is 3.18. The highest BCUT2D eigenvalue weighted by Crippen LogP contribution is 2.27. The summed E-state index contributed by atoms with van der Waals surface area (Å²) in [5.41, 5.74) is 2.78. The van der Waals surface area contributed by atoms with Gasteiger partial charge in [-0.1, -0.05) is 6.07 Å². The zero-order chi connectivity index (χ0) is 15.9. The van der Waals surface area contributed by atoms with Crippen LogP contribution in [0.4, 0.5) is 5.69 Å². The number of hydrogen-bond donors (Lipinski definition) is 2. The van der Waals surface area contributed by atoms with Gasteiger partial charge in [-0.3, -0.25) is 4.79 Å². The summed E-state index contributed by atoms with van der Waals surface area (Å²) in [5, 5.41) is 5.81. The van der Waals surface area contributed by atoms with Crippen LogP contribution in [-0.2, 0) is 4.79 Å². The molecule has 1 amide bonds. The van der Waals surface area contributed by atoms with Crippen LogP contribution in [0.1, 0.15) is 17.5 Å². The molecule has 0 aliphatic heterocycles. The number of benzene rings is 1. The van der Waals surface area contributed by atoms with E-state index in [1.165, 1.54) is 0 Å². The number of rotatable bonds is 6. The lowest BCUT2D eigenvalue weighted by Gasteiger charge is -2.11. The minimum absolute atomic E-state index is 0. The molecule has 5 nitrogen and oxygen atoms in total. The van der Waals surface area contributed by atoms with Gasteiger partial charge in [-0.05, 0) is 44.2 Å². The number of ether oxygens (including phenoxy) is 1. The number of nitrogens with zero attached hydrogens (tertiary/aromatic N) is 1. The highest BCUT2D eigenvalue weighted by atomic mass is 35.5. The van der Waals surface area contributed by atoms with Crippen LogP contribution in [0.3, 0.4) is 0 Å². The van der Waals surface area contributed by atoms with Crippen molar-refractivity contribution in [2.75, 3.05) is 18.9 Å². The van der Waals surface area contributed by atoms with E-state index in [1.54, 1.807) is 6.20 Å². The van der Waals surface area contributed by atoms with Crippen LogP contribution in [0.25, 0.3) is 0 Å². The van der Waals surface area contributed by atoms with Crippen molar-refractivity contribution in [1.29, 1.82) is 0 Å². The van der Waals surface area contributed by atoms with Gasteiger partial charge in [0.25, 0.3) is 0 Å². The molecule has 7 heteroatoms. The Hall–Kier alpha value is -1.82. The van der Waals surface area contributed by atoms with Gasteiger partial charge in [0.1, 0.15) is 5.75 Å². The van der Waals surface area contributed by atoms with Crippen LogP contribution in [-0.4, -0.2) is 24.5 Å². The van der Waals surface area contributed by atoms with Gasteiger partial charge in [0, 0.05) is 37.0 Å². The predicted octanol–water partition coefficient (Wildman–Crippen LogP) is 3.88. The quantitative estimate of drug-likeness (QED) is 0.808. The van der Waals surface area contributed by atoms with Gasteiger partial charge in [0.15, 0.2) is 0 Å². The molecule has 1 heterocycles. The molecule has 0 spiro atoms. The summed E-state index contributed by atoms with van der Waals surface area (Å²) in [4.78, 5) is 16.0. The molecular formula is C17H23Cl2N3O2. The maximum atomic E-state index is 11.8. The third kappa shape index (κ3) is 6.74. The molecule has 24 heavy (non-hydrogen) atoms. The number of carbonyl (C=O) groups excluding carboxylic acids is 1. The molecule has 2 aromatic rings. The summed E-state index contributed by atoms with van der Waals surface area (Å²) in [7, 11) is 1.82. The topological polar surface area (TPSA) is 63.2 Å². The highest BCUT2D eigenvalue weighted by Gasteiger charge is 2.07. The SMILES string of the molecule is CNCCC(=O)Nc1ccc(C)c(Oc2cc(C)ccn2)c1.Cl.Cl. The van der Waals surface area contributed by atoms with Crippen molar-refractivity contribution < 1.29 is 9.53 Å². The maximum absolute atomic E-state index is 11.8. The summed E-state index contributed by atoms with van der Waals surface area (Å²) in [6.07, 6.45) is 2.14. The summed E-state index contributed by atoms with van der Waals surface area (Å²) in [5.74, 6) is 1.20. The summed E-state index contributed by atoms with van der Waals surface area (Å²) in [6.45, 7) is 4.59. The standard InChI is InChI=1S/C17H21N3O2.2ClH/c1-12-6-9-19-17(10-12)22-15-11-14(5-4-13(15)2)20-16(21)7-8-18-3;;/h4-6,9-11,18H,7-8H2,1-3H3,(H,20,21);2*1H. The van der Waals surface area contributed by atoms with Crippen molar-refractivity contribution in [3.63, 3.8) is 0 Å². The number of carbonyl (C=O) groups is 1. The average molecular weight is 372 g/mol. The summed E-state index contributed by atoms with van der Waals surface area (Å²) >= 11 is 0. The Morgan fingerprint density at radius 1 is 1.17 bits per heavy atom. The van der Waals surface area contributed by atoms with E-state index in [-0.39, 0.29) is 30.7 Å². The fourth-order valence-corrected chi connectivity index (χ4v) is 1.93. The highest BCUT2D eigenvalue weighted by molar-refractivity contribution is 5.91. The summed E-state index contributed by atoms with van der Waals surface area (Å²) < 4.78 is 5.82. The first-order valence-electron chi connectivity index (χ1n) is 7.24. The Morgan fingerprint density at radius 2 is 1.92 bits per heavy atom. The number of anilines is 1. The first-order valence-corrected chi connectivity index (χ1v) is 7.24. The molecule has 2 rings (SSSR count). The predicted molar refractivity (Wildman–Crippen MR) is 102 cm³/mol. The van der Waals surface area contributed by atoms with Crippen molar-refractivity contribution in [3.05, 3.63) is 47.7 Å². The molecule has 0 saturated heterocycles. The minimum Gasteiger partial charge on any atom is -0.439 e. The van der Waals surface area contributed by atoms with E-state index in [2.05, 4.69) is 15.6 Å². The Kier molecular flexibility index (Phi) is 10.0. The average Bonchev–Trinajstić information content (AvgIpc) is 2.48. The third-order valence-corrected chi connectivity index (χ3v) is 3.18. The van der Waals surface area contributed by atoms with Crippen LogP contribution in [0.15, 0.2) is 36.5 Å². The number of aromatic nitrogens is 1. The van der Waals surface area contributed by atoms with E-state index in [0.29, 0.717) is 30.3 Å². The van der Waals surface area contributed by atoms with Gasteiger partial charge in [0.2, 0.25) is 11.8 Å². The van der Waals surface area contributed by atoms with Gasteiger partial charge in [-0.25, -0.2) is 4.98 Å².